The Balaban J connectivity index is 2.16. The summed E-state index contributed by atoms with van der Waals surface area (Å²) < 4.78 is 0. The first kappa shape index (κ1) is 9.83. The van der Waals surface area contributed by atoms with E-state index in [1.54, 1.807) is 0 Å². The molecule has 3 saturated carbocycles. The Bertz CT molecular complexity index is 337. The number of hydrogen-bond donors (Lipinski definition) is 1. The van der Waals surface area contributed by atoms with Crippen molar-refractivity contribution in [3.8, 4) is 0 Å². The molecule has 3 aliphatic rings. The summed E-state index contributed by atoms with van der Waals surface area (Å²) in [6.45, 7) is 4.39. The molecule has 0 radical (unpaired) electrons. The Labute approximate surface area is 91.1 Å². The Morgan fingerprint density at radius 1 is 1.27 bits per heavy atom. The quantitative estimate of drug-likeness (QED) is 0.663. The fourth-order valence-corrected chi connectivity index (χ4v) is 5.17. The molecule has 84 valence electrons. The van der Waals surface area contributed by atoms with Crippen molar-refractivity contribution in [1.29, 1.82) is 0 Å². The van der Waals surface area contributed by atoms with Crippen molar-refractivity contribution < 1.29 is 9.90 Å². The van der Waals surface area contributed by atoms with Crippen LogP contribution >= 0.6 is 0 Å². The number of aliphatic hydroxyl groups is 1. The van der Waals surface area contributed by atoms with Crippen molar-refractivity contribution in [2.45, 2.75) is 58.5 Å². The maximum absolute atomic E-state index is 12.2. The topological polar surface area (TPSA) is 37.3 Å². The number of hydrogen-bond acceptors (Lipinski definition) is 2. The molecule has 15 heavy (non-hydrogen) atoms. The minimum Gasteiger partial charge on any atom is -0.393 e. The van der Waals surface area contributed by atoms with Gasteiger partial charge in [0.25, 0.3) is 0 Å². The second-order valence-electron chi connectivity index (χ2n) is 6.49. The van der Waals surface area contributed by atoms with Crippen LogP contribution in [0.1, 0.15) is 52.4 Å². The van der Waals surface area contributed by atoms with Crippen LogP contribution < -0.4 is 0 Å². The van der Waals surface area contributed by atoms with E-state index in [0.717, 1.165) is 19.3 Å². The van der Waals surface area contributed by atoms with E-state index < -0.39 is 0 Å². The Kier molecular flexibility index (Phi) is 1.62. The van der Waals surface area contributed by atoms with Crippen LogP contribution in [-0.2, 0) is 4.79 Å². The van der Waals surface area contributed by atoms with E-state index in [2.05, 4.69) is 13.8 Å². The maximum atomic E-state index is 12.2. The summed E-state index contributed by atoms with van der Waals surface area (Å²) in [5, 5.41) is 9.92. The van der Waals surface area contributed by atoms with Crippen LogP contribution in [0.2, 0.25) is 0 Å². The molecule has 1 spiro atoms. The molecule has 0 amide bonds. The Morgan fingerprint density at radius 2 is 2.00 bits per heavy atom. The van der Waals surface area contributed by atoms with Gasteiger partial charge in [-0.05, 0) is 36.5 Å². The van der Waals surface area contributed by atoms with Crippen LogP contribution in [0.25, 0.3) is 0 Å². The van der Waals surface area contributed by atoms with E-state index in [1.807, 2.05) is 0 Å². The van der Waals surface area contributed by atoms with Crippen LogP contribution in [0.3, 0.4) is 0 Å². The summed E-state index contributed by atoms with van der Waals surface area (Å²) in [7, 11) is 0. The summed E-state index contributed by atoms with van der Waals surface area (Å²) in [6.07, 6.45) is 5.68. The lowest BCUT2D eigenvalue weighted by atomic mass is 9.61. The van der Waals surface area contributed by atoms with Gasteiger partial charge in [0.05, 0.1) is 6.10 Å². The van der Waals surface area contributed by atoms with E-state index in [9.17, 15) is 9.90 Å². The molecule has 0 aliphatic heterocycles. The molecule has 0 unspecified atom stereocenters. The number of carbonyl (C=O) groups is 1. The van der Waals surface area contributed by atoms with E-state index in [4.69, 9.17) is 0 Å². The zero-order valence-corrected chi connectivity index (χ0v) is 9.68. The standard InChI is InChI=1S/C13H20O2/c1-11-4-3-5-13(11)7-9(14)6-12(13,2)10(15)8-11/h9,14H,3-8H2,1-2H3/t9-,11+,12+,13-/m1/s1. The van der Waals surface area contributed by atoms with Crippen LogP contribution in [0.4, 0.5) is 0 Å². The van der Waals surface area contributed by atoms with Gasteiger partial charge in [-0.3, -0.25) is 4.79 Å². The van der Waals surface area contributed by atoms with Gasteiger partial charge in [0.15, 0.2) is 0 Å². The highest BCUT2D eigenvalue weighted by Crippen LogP contribution is 2.74. The average Bonchev–Trinajstić information content (AvgIpc) is 2.60. The minimum atomic E-state index is -0.239. The third kappa shape index (κ3) is 0.848. The molecule has 0 bridgehead atoms. The highest BCUT2D eigenvalue weighted by atomic mass is 16.3. The second-order valence-corrected chi connectivity index (χ2v) is 6.49. The predicted molar refractivity (Wildman–Crippen MR) is 57.4 cm³/mol. The van der Waals surface area contributed by atoms with E-state index >= 15 is 0 Å². The lowest BCUT2D eigenvalue weighted by Crippen LogP contribution is -2.38. The molecule has 0 aromatic heterocycles. The smallest absolute Gasteiger partial charge is 0.139 e. The van der Waals surface area contributed by atoms with E-state index in [0.29, 0.717) is 12.2 Å². The van der Waals surface area contributed by atoms with Crippen molar-refractivity contribution in [3.63, 3.8) is 0 Å². The molecule has 0 aromatic rings. The Morgan fingerprint density at radius 3 is 2.73 bits per heavy atom. The molecule has 0 aromatic carbocycles. The predicted octanol–water partition coefficient (Wildman–Crippen LogP) is 2.30. The fraction of sp³-hybridized carbons (Fsp3) is 0.923. The molecule has 4 atom stereocenters. The van der Waals surface area contributed by atoms with Gasteiger partial charge in [-0.25, -0.2) is 0 Å². The van der Waals surface area contributed by atoms with E-state index in [-0.39, 0.29) is 22.3 Å². The average molecular weight is 208 g/mol. The zero-order valence-electron chi connectivity index (χ0n) is 9.68. The normalized spacial score (nSPS) is 58.3. The van der Waals surface area contributed by atoms with Gasteiger partial charge in [-0.15, -0.1) is 0 Å². The van der Waals surface area contributed by atoms with Crippen molar-refractivity contribution in [1.82, 2.24) is 0 Å². The highest BCUT2D eigenvalue weighted by molar-refractivity contribution is 5.90. The van der Waals surface area contributed by atoms with Gasteiger partial charge < -0.3 is 5.11 Å². The first-order valence-corrected chi connectivity index (χ1v) is 6.15. The molecule has 1 N–H and O–H groups in total. The molecule has 3 rings (SSSR count). The van der Waals surface area contributed by atoms with Crippen molar-refractivity contribution in [2.24, 2.45) is 16.2 Å². The Hall–Kier alpha value is -0.370. The van der Waals surface area contributed by atoms with Crippen LogP contribution in [0.5, 0.6) is 0 Å². The van der Waals surface area contributed by atoms with Crippen LogP contribution in [-0.4, -0.2) is 17.0 Å². The summed E-state index contributed by atoms with van der Waals surface area (Å²) in [5.41, 5.74) is 0.116. The lowest BCUT2D eigenvalue weighted by Gasteiger charge is -2.42. The summed E-state index contributed by atoms with van der Waals surface area (Å²) in [6, 6.07) is 0. The molecule has 0 saturated heterocycles. The summed E-state index contributed by atoms with van der Waals surface area (Å²) in [4.78, 5) is 12.2. The molecule has 3 fully saturated rings. The fourth-order valence-electron chi connectivity index (χ4n) is 5.17. The molecule has 2 heteroatoms. The van der Waals surface area contributed by atoms with Crippen LogP contribution in [0.15, 0.2) is 0 Å². The van der Waals surface area contributed by atoms with Gasteiger partial charge in [0.2, 0.25) is 0 Å². The largest absolute Gasteiger partial charge is 0.393 e. The lowest BCUT2D eigenvalue weighted by molar-refractivity contribution is -0.128. The van der Waals surface area contributed by atoms with Gasteiger partial charge in [-0.1, -0.05) is 20.3 Å². The summed E-state index contributed by atoms with van der Waals surface area (Å²) >= 11 is 0. The van der Waals surface area contributed by atoms with Gasteiger partial charge in [0, 0.05) is 11.8 Å². The first-order valence-electron chi connectivity index (χ1n) is 6.15. The van der Waals surface area contributed by atoms with Crippen molar-refractivity contribution in [3.05, 3.63) is 0 Å². The summed E-state index contributed by atoms with van der Waals surface area (Å²) in [5.74, 6) is 0.418. The number of Topliss-reactive ketones (excluding diaryl/α,β-unsaturated/α-hetero) is 1. The molecular weight excluding hydrogens is 188 g/mol. The molecule has 2 nitrogen and oxygen atoms in total. The third-order valence-corrected chi connectivity index (χ3v) is 5.94. The minimum absolute atomic E-state index is 0.135. The number of ketones is 1. The molecule has 0 heterocycles. The SMILES string of the molecule is C[C@@]12CCC[C@@]13C[C@H](O)C[C@@]3(C)C(=O)C2. The maximum Gasteiger partial charge on any atom is 0.139 e. The number of carbonyl (C=O) groups excluding carboxylic acids is 1. The van der Waals surface area contributed by atoms with Gasteiger partial charge in [-0.2, -0.15) is 0 Å². The monoisotopic (exact) mass is 208 g/mol. The first-order chi connectivity index (χ1) is 6.94. The number of rotatable bonds is 0. The van der Waals surface area contributed by atoms with E-state index in [1.165, 1.54) is 12.8 Å². The zero-order chi connectivity index (χ0) is 10.9. The third-order valence-electron chi connectivity index (χ3n) is 5.94. The molecular formula is C13H20O2. The van der Waals surface area contributed by atoms with Crippen molar-refractivity contribution in [2.75, 3.05) is 0 Å². The second kappa shape index (κ2) is 2.48. The van der Waals surface area contributed by atoms with Gasteiger partial charge in [0.1, 0.15) is 5.78 Å². The van der Waals surface area contributed by atoms with Crippen molar-refractivity contribution >= 4 is 5.78 Å². The van der Waals surface area contributed by atoms with Gasteiger partial charge >= 0.3 is 0 Å². The highest BCUT2D eigenvalue weighted by Gasteiger charge is 2.72. The molecule has 3 aliphatic carbocycles. The van der Waals surface area contributed by atoms with Crippen LogP contribution in [0, 0.1) is 16.2 Å². The number of aliphatic hydroxyl groups excluding tert-OH is 1.